The molecule has 1 atom stereocenters. The monoisotopic (exact) mass is 364 g/mol. The molecular formula is C16H17FN4O3S. The molecule has 1 unspecified atom stereocenters. The Morgan fingerprint density at radius 2 is 1.88 bits per heavy atom. The lowest BCUT2D eigenvalue weighted by atomic mass is 9.99. The topological polar surface area (TPSA) is 92.3 Å². The number of carbonyl (C=O) groups excluding carboxylic acids is 1. The number of carbonyl (C=O) groups is 1. The van der Waals surface area contributed by atoms with E-state index < -0.39 is 21.8 Å². The molecule has 0 saturated carbocycles. The minimum absolute atomic E-state index is 0.0151. The van der Waals surface area contributed by atoms with E-state index in [-0.39, 0.29) is 23.3 Å². The standard InChI is InChI=1S/C16H17FN4O3S/c17-13-4-6-14(7-5-13)25(23,24)21-10-1-3-12(11-21)15(22)20-16-18-8-2-9-19-16/h2,4-9,12H,1,3,10-11H2,(H,18,19,20,22). The lowest BCUT2D eigenvalue weighted by Crippen LogP contribution is -2.43. The van der Waals surface area contributed by atoms with Crippen LogP contribution in [0.1, 0.15) is 12.8 Å². The molecule has 1 N–H and O–H groups in total. The van der Waals surface area contributed by atoms with Crippen LogP contribution in [0.4, 0.5) is 10.3 Å². The molecule has 0 spiro atoms. The number of nitrogens with one attached hydrogen (secondary N) is 1. The summed E-state index contributed by atoms with van der Waals surface area (Å²) in [6, 6.07) is 6.30. The Morgan fingerprint density at radius 3 is 2.56 bits per heavy atom. The van der Waals surface area contributed by atoms with Gasteiger partial charge in [-0.25, -0.2) is 22.8 Å². The van der Waals surface area contributed by atoms with Gasteiger partial charge in [0.15, 0.2) is 0 Å². The zero-order valence-corrected chi connectivity index (χ0v) is 14.1. The Labute approximate surface area is 145 Å². The lowest BCUT2D eigenvalue weighted by molar-refractivity contribution is -0.120. The van der Waals surface area contributed by atoms with Crippen LogP contribution >= 0.6 is 0 Å². The molecule has 7 nitrogen and oxygen atoms in total. The third kappa shape index (κ3) is 3.99. The Morgan fingerprint density at radius 1 is 1.20 bits per heavy atom. The summed E-state index contributed by atoms with van der Waals surface area (Å²) in [6.45, 7) is 0.393. The van der Waals surface area contributed by atoms with Crippen molar-refractivity contribution < 1.29 is 17.6 Å². The lowest BCUT2D eigenvalue weighted by Gasteiger charge is -2.31. The molecular weight excluding hydrogens is 347 g/mol. The Hall–Kier alpha value is -2.39. The molecule has 1 aromatic heterocycles. The van der Waals surface area contributed by atoms with Gasteiger partial charge in [-0.15, -0.1) is 0 Å². The first-order valence-corrected chi connectivity index (χ1v) is 9.24. The van der Waals surface area contributed by atoms with Gasteiger partial charge in [-0.1, -0.05) is 0 Å². The summed E-state index contributed by atoms with van der Waals surface area (Å²) >= 11 is 0. The molecule has 2 heterocycles. The van der Waals surface area contributed by atoms with Crippen LogP contribution in [0.15, 0.2) is 47.6 Å². The minimum Gasteiger partial charge on any atom is -0.294 e. The normalized spacial score (nSPS) is 18.7. The largest absolute Gasteiger partial charge is 0.294 e. The van der Waals surface area contributed by atoms with Crippen molar-refractivity contribution in [3.05, 3.63) is 48.5 Å². The van der Waals surface area contributed by atoms with Gasteiger partial charge < -0.3 is 0 Å². The average Bonchev–Trinajstić information content (AvgIpc) is 2.63. The highest BCUT2D eigenvalue weighted by Crippen LogP contribution is 2.24. The van der Waals surface area contributed by atoms with Gasteiger partial charge in [0, 0.05) is 25.5 Å². The van der Waals surface area contributed by atoms with Gasteiger partial charge in [-0.05, 0) is 43.2 Å². The Bertz CT molecular complexity index is 843. The molecule has 1 fully saturated rings. The smallest absolute Gasteiger partial charge is 0.243 e. The van der Waals surface area contributed by atoms with Crippen LogP contribution in [-0.4, -0.2) is 41.7 Å². The third-order valence-electron chi connectivity index (χ3n) is 4.01. The number of rotatable bonds is 4. The molecule has 1 aliphatic heterocycles. The Balaban J connectivity index is 1.72. The molecule has 0 bridgehead atoms. The van der Waals surface area contributed by atoms with Crippen LogP contribution in [0.2, 0.25) is 0 Å². The van der Waals surface area contributed by atoms with Crippen molar-refractivity contribution in [3.8, 4) is 0 Å². The second kappa shape index (κ2) is 7.24. The maximum Gasteiger partial charge on any atom is 0.243 e. The number of hydrogen-bond acceptors (Lipinski definition) is 5. The van der Waals surface area contributed by atoms with E-state index >= 15 is 0 Å². The van der Waals surface area contributed by atoms with Gasteiger partial charge in [0.1, 0.15) is 5.82 Å². The molecule has 25 heavy (non-hydrogen) atoms. The number of amides is 1. The summed E-state index contributed by atoms with van der Waals surface area (Å²) in [4.78, 5) is 20.2. The summed E-state index contributed by atoms with van der Waals surface area (Å²) in [6.07, 6.45) is 4.16. The van der Waals surface area contributed by atoms with Crippen LogP contribution in [0.3, 0.4) is 0 Å². The highest BCUT2D eigenvalue weighted by molar-refractivity contribution is 7.89. The highest BCUT2D eigenvalue weighted by Gasteiger charge is 2.33. The number of aromatic nitrogens is 2. The van der Waals surface area contributed by atoms with Crippen LogP contribution < -0.4 is 5.32 Å². The molecule has 1 saturated heterocycles. The molecule has 1 aromatic carbocycles. The average molecular weight is 364 g/mol. The predicted octanol–water partition coefficient (Wildman–Crippen LogP) is 1.66. The molecule has 0 radical (unpaired) electrons. The second-order valence-electron chi connectivity index (χ2n) is 5.72. The summed E-state index contributed by atoms with van der Waals surface area (Å²) in [7, 11) is -3.76. The fraction of sp³-hybridized carbons (Fsp3) is 0.312. The SMILES string of the molecule is O=C(Nc1ncccn1)C1CCCN(S(=O)(=O)c2ccc(F)cc2)C1. The van der Waals surface area contributed by atoms with E-state index in [0.717, 1.165) is 12.1 Å². The van der Waals surface area contributed by atoms with Crippen LogP contribution in [0.5, 0.6) is 0 Å². The van der Waals surface area contributed by atoms with Crippen molar-refractivity contribution in [2.24, 2.45) is 5.92 Å². The predicted molar refractivity (Wildman–Crippen MR) is 88.5 cm³/mol. The van der Waals surface area contributed by atoms with Gasteiger partial charge in [0.05, 0.1) is 10.8 Å². The molecule has 0 aliphatic carbocycles. The number of hydrogen-bond donors (Lipinski definition) is 1. The third-order valence-corrected chi connectivity index (χ3v) is 5.89. The second-order valence-corrected chi connectivity index (χ2v) is 7.66. The number of halogens is 1. The highest BCUT2D eigenvalue weighted by atomic mass is 32.2. The first-order chi connectivity index (χ1) is 12.0. The quantitative estimate of drug-likeness (QED) is 0.891. The minimum atomic E-state index is -3.76. The van der Waals surface area contributed by atoms with Crippen molar-refractivity contribution in [1.82, 2.24) is 14.3 Å². The molecule has 132 valence electrons. The summed E-state index contributed by atoms with van der Waals surface area (Å²) in [5, 5.41) is 2.60. The molecule has 1 aliphatic rings. The van der Waals surface area contributed by atoms with Gasteiger partial charge in [-0.2, -0.15) is 4.31 Å². The number of sulfonamides is 1. The number of piperidine rings is 1. The zero-order valence-electron chi connectivity index (χ0n) is 13.3. The van der Waals surface area contributed by atoms with Gasteiger partial charge >= 0.3 is 0 Å². The van der Waals surface area contributed by atoms with Crippen LogP contribution in [0.25, 0.3) is 0 Å². The van der Waals surface area contributed by atoms with Gasteiger partial charge in [-0.3, -0.25) is 10.1 Å². The van der Waals surface area contributed by atoms with Gasteiger partial charge in [0.2, 0.25) is 21.9 Å². The first-order valence-electron chi connectivity index (χ1n) is 7.80. The van der Waals surface area contributed by atoms with E-state index in [4.69, 9.17) is 0 Å². The zero-order chi connectivity index (χ0) is 17.9. The van der Waals surface area contributed by atoms with Crippen molar-refractivity contribution >= 4 is 21.9 Å². The van der Waals surface area contributed by atoms with E-state index in [9.17, 15) is 17.6 Å². The summed E-state index contributed by atoms with van der Waals surface area (Å²) in [5.74, 6) is -1.12. The molecule has 3 rings (SSSR count). The van der Waals surface area contributed by atoms with E-state index in [1.165, 1.54) is 28.8 Å². The maximum absolute atomic E-state index is 13.0. The van der Waals surface area contributed by atoms with Crippen LogP contribution in [0, 0.1) is 11.7 Å². The molecule has 9 heteroatoms. The van der Waals surface area contributed by atoms with E-state index in [2.05, 4.69) is 15.3 Å². The Kier molecular flexibility index (Phi) is 5.05. The molecule has 1 amide bonds. The number of anilines is 1. The van der Waals surface area contributed by atoms with Crippen molar-refractivity contribution in [2.75, 3.05) is 18.4 Å². The summed E-state index contributed by atoms with van der Waals surface area (Å²) < 4.78 is 39.6. The number of nitrogens with zero attached hydrogens (tertiary/aromatic N) is 3. The van der Waals surface area contributed by atoms with Crippen molar-refractivity contribution in [1.29, 1.82) is 0 Å². The van der Waals surface area contributed by atoms with Crippen molar-refractivity contribution in [2.45, 2.75) is 17.7 Å². The van der Waals surface area contributed by atoms with E-state index in [1.54, 1.807) is 6.07 Å². The van der Waals surface area contributed by atoms with Crippen molar-refractivity contribution in [3.63, 3.8) is 0 Å². The van der Waals surface area contributed by atoms with Gasteiger partial charge in [0.25, 0.3) is 0 Å². The fourth-order valence-electron chi connectivity index (χ4n) is 2.71. The summed E-state index contributed by atoms with van der Waals surface area (Å²) in [5.41, 5.74) is 0. The first kappa shape index (κ1) is 17.4. The fourth-order valence-corrected chi connectivity index (χ4v) is 4.23. The van der Waals surface area contributed by atoms with Crippen LogP contribution in [-0.2, 0) is 14.8 Å². The molecule has 2 aromatic rings. The maximum atomic E-state index is 13.0. The van der Waals surface area contributed by atoms with E-state index in [1.807, 2.05) is 0 Å². The van der Waals surface area contributed by atoms with E-state index in [0.29, 0.717) is 19.4 Å². The number of benzene rings is 1.